The molecule has 2 rings (SSSR count). The van der Waals surface area contributed by atoms with Crippen molar-refractivity contribution in [3.63, 3.8) is 0 Å². The summed E-state index contributed by atoms with van der Waals surface area (Å²) in [5, 5.41) is 2.22. The van der Waals surface area contributed by atoms with E-state index < -0.39 is 33.8 Å². The lowest BCUT2D eigenvalue weighted by Crippen LogP contribution is -2.26. The standard InChI is InChI=1S/C13H12F3NO6S/c1-21-8-4-3-7(5-9(8)22-2)11-10(6-17-12(11)18)23-24(19,20)13(14,15)16/h3-5H,6H2,1-2H3,(H,17,18). The predicted molar refractivity (Wildman–Crippen MR) is 75.5 cm³/mol. The Morgan fingerprint density at radius 3 is 2.29 bits per heavy atom. The van der Waals surface area contributed by atoms with Crippen molar-refractivity contribution in [2.24, 2.45) is 0 Å². The number of ether oxygens (including phenoxy) is 2. The van der Waals surface area contributed by atoms with Crippen molar-refractivity contribution >= 4 is 21.6 Å². The van der Waals surface area contributed by atoms with E-state index in [1.54, 1.807) is 0 Å². The highest BCUT2D eigenvalue weighted by molar-refractivity contribution is 7.87. The number of amides is 1. The second-order valence-electron chi connectivity index (χ2n) is 4.53. The van der Waals surface area contributed by atoms with Crippen LogP contribution < -0.4 is 14.8 Å². The van der Waals surface area contributed by atoms with Gasteiger partial charge in [-0.05, 0) is 17.7 Å². The molecule has 1 aromatic carbocycles. The zero-order valence-corrected chi connectivity index (χ0v) is 13.2. The fourth-order valence-corrected chi connectivity index (χ4v) is 2.50. The monoisotopic (exact) mass is 367 g/mol. The smallest absolute Gasteiger partial charge is 0.493 e. The van der Waals surface area contributed by atoms with E-state index in [2.05, 4.69) is 9.50 Å². The van der Waals surface area contributed by atoms with E-state index in [1.165, 1.54) is 32.4 Å². The lowest BCUT2D eigenvalue weighted by Gasteiger charge is -2.12. The normalized spacial score (nSPS) is 15.3. The van der Waals surface area contributed by atoms with Gasteiger partial charge in [-0.3, -0.25) is 4.79 Å². The summed E-state index contributed by atoms with van der Waals surface area (Å²) in [6.45, 7) is -0.488. The third-order valence-electron chi connectivity index (χ3n) is 3.08. The lowest BCUT2D eigenvalue weighted by atomic mass is 10.1. The zero-order chi connectivity index (χ0) is 18.1. The fourth-order valence-electron chi connectivity index (χ4n) is 2.00. The van der Waals surface area contributed by atoms with Gasteiger partial charge in [0.1, 0.15) is 0 Å². The van der Waals surface area contributed by atoms with Crippen LogP contribution in [0.15, 0.2) is 24.0 Å². The predicted octanol–water partition coefficient (Wildman–Crippen LogP) is 1.41. The van der Waals surface area contributed by atoms with E-state index in [-0.39, 0.29) is 16.9 Å². The molecule has 0 saturated carbocycles. The van der Waals surface area contributed by atoms with Gasteiger partial charge in [-0.15, -0.1) is 0 Å². The third-order valence-corrected chi connectivity index (χ3v) is 4.07. The molecule has 0 fully saturated rings. The Morgan fingerprint density at radius 1 is 1.12 bits per heavy atom. The van der Waals surface area contributed by atoms with Crippen LogP contribution in [0.25, 0.3) is 5.57 Å². The summed E-state index contributed by atoms with van der Waals surface area (Å²) >= 11 is 0. The lowest BCUT2D eigenvalue weighted by molar-refractivity contribution is -0.114. The van der Waals surface area contributed by atoms with Gasteiger partial charge in [0.05, 0.1) is 26.3 Å². The molecular weight excluding hydrogens is 355 g/mol. The summed E-state index contributed by atoms with van der Waals surface area (Å²) in [6.07, 6.45) is 0. The van der Waals surface area contributed by atoms with E-state index in [4.69, 9.17) is 9.47 Å². The average Bonchev–Trinajstić information content (AvgIpc) is 2.85. The molecule has 1 aliphatic rings. The van der Waals surface area contributed by atoms with E-state index >= 15 is 0 Å². The summed E-state index contributed by atoms with van der Waals surface area (Å²) in [4.78, 5) is 11.9. The van der Waals surface area contributed by atoms with Crippen LogP contribution in [0.2, 0.25) is 0 Å². The molecule has 1 N–H and O–H groups in total. The molecule has 7 nitrogen and oxygen atoms in total. The molecule has 11 heteroatoms. The maximum Gasteiger partial charge on any atom is 0.534 e. The molecule has 1 aliphatic heterocycles. The number of hydrogen-bond donors (Lipinski definition) is 1. The molecule has 1 aromatic rings. The Labute approximate surface area is 135 Å². The SMILES string of the molecule is COc1ccc(C2=C(OS(=O)(=O)C(F)(F)F)CNC2=O)cc1OC. The zero-order valence-electron chi connectivity index (χ0n) is 12.4. The first-order valence-electron chi connectivity index (χ1n) is 6.35. The van der Waals surface area contributed by atoms with E-state index in [0.717, 1.165) is 0 Å². The largest absolute Gasteiger partial charge is 0.534 e. The Kier molecular flexibility index (Phi) is 4.65. The summed E-state index contributed by atoms with van der Waals surface area (Å²) in [5.41, 5.74) is -5.81. The molecule has 0 aromatic heterocycles. The van der Waals surface area contributed by atoms with Crippen molar-refractivity contribution in [1.29, 1.82) is 0 Å². The third kappa shape index (κ3) is 3.25. The van der Waals surface area contributed by atoms with Crippen molar-refractivity contribution in [2.45, 2.75) is 5.51 Å². The molecule has 0 radical (unpaired) electrons. The van der Waals surface area contributed by atoms with Crippen LogP contribution >= 0.6 is 0 Å². The molecule has 0 aliphatic carbocycles. The van der Waals surface area contributed by atoms with Gasteiger partial charge in [0.25, 0.3) is 5.91 Å². The molecule has 0 bridgehead atoms. The van der Waals surface area contributed by atoms with Gasteiger partial charge in [0.2, 0.25) is 0 Å². The van der Waals surface area contributed by atoms with Gasteiger partial charge in [0, 0.05) is 0 Å². The highest BCUT2D eigenvalue weighted by Crippen LogP contribution is 2.35. The minimum atomic E-state index is -5.88. The van der Waals surface area contributed by atoms with Gasteiger partial charge in [-0.25, -0.2) is 0 Å². The van der Waals surface area contributed by atoms with E-state index in [0.29, 0.717) is 5.75 Å². The van der Waals surface area contributed by atoms with Crippen molar-refractivity contribution in [2.75, 3.05) is 20.8 Å². The van der Waals surface area contributed by atoms with Crippen LogP contribution in [0.4, 0.5) is 13.2 Å². The van der Waals surface area contributed by atoms with Gasteiger partial charge < -0.3 is 19.0 Å². The topological polar surface area (TPSA) is 90.9 Å². The molecule has 0 atom stereocenters. The Hall–Kier alpha value is -2.43. The fraction of sp³-hybridized carbons (Fsp3) is 0.308. The second kappa shape index (κ2) is 6.23. The highest BCUT2D eigenvalue weighted by Gasteiger charge is 2.49. The van der Waals surface area contributed by atoms with Crippen LogP contribution in [0.3, 0.4) is 0 Å². The van der Waals surface area contributed by atoms with Crippen LogP contribution in [0.1, 0.15) is 5.56 Å². The Balaban J connectivity index is 2.51. The molecule has 132 valence electrons. The Bertz CT molecular complexity index is 800. The van der Waals surface area contributed by atoms with Gasteiger partial charge in [-0.2, -0.15) is 21.6 Å². The number of benzene rings is 1. The molecule has 0 unspecified atom stereocenters. The van der Waals surface area contributed by atoms with Crippen LogP contribution in [0, 0.1) is 0 Å². The van der Waals surface area contributed by atoms with Crippen molar-refractivity contribution in [3.8, 4) is 11.5 Å². The maximum absolute atomic E-state index is 12.5. The number of rotatable bonds is 5. The summed E-state index contributed by atoms with van der Waals surface area (Å²) in [5.74, 6) is -0.884. The van der Waals surface area contributed by atoms with Crippen LogP contribution in [-0.4, -0.2) is 40.6 Å². The minimum absolute atomic E-state index is 0.120. The summed E-state index contributed by atoms with van der Waals surface area (Å²) < 4.78 is 73.8. The number of methoxy groups -OCH3 is 2. The van der Waals surface area contributed by atoms with Gasteiger partial charge in [0.15, 0.2) is 17.3 Å². The highest BCUT2D eigenvalue weighted by atomic mass is 32.2. The second-order valence-corrected chi connectivity index (χ2v) is 6.07. The average molecular weight is 367 g/mol. The minimum Gasteiger partial charge on any atom is -0.493 e. The first kappa shape index (κ1) is 17.9. The molecular formula is C13H12F3NO6S. The van der Waals surface area contributed by atoms with Crippen LogP contribution in [-0.2, 0) is 19.1 Å². The Morgan fingerprint density at radius 2 is 1.75 bits per heavy atom. The van der Waals surface area contributed by atoms with Gasteiger partial charge >= 0.3 is 15.6 Å². The summed E-state index contributed by atoms with van der Waals surface area (Å²) in [6, 6.07) is 4.11. The van der Waals surface area contributed by atoms with Crippen molar-refractivity contribution in [1.82, 2.24) is 5.32 Å². The number of carbonyl (C=O) groups is 1. The molecule has 0 spiro atoms. The molecule has 1 heterocycles. The number of nitrogens with one attached hydrogen (secondary N) is 1. The summed E-state index contributed by atoms with van der Waals surface area (Å²) in [7, 11) is -3.17. The number of hydrogen-bond acceptors (Lipinski definition) is 6. The molecule has 0 saturated heterocycles. The first-order chi connectivity index (χ1) is 11.1. The van der Waals surface area contributed by atoms with E-state index in [9.17, 15) is 26.4 Å². The maximum atomic E-state index is 12.5. The molecule has 24 heavy (non-hydrogen) atoms. The number of halogens is 3. The van der Waals surface area contributed by atoms with Gasteiger partial charge in [-0.1, -0.05) is 6.07 Å². The van der Waals surface area contributed by atoms with Crippen molar-refractivity contribution in [3.05, 3.63) is 29.5 Å². The first-order valence-corrected chi connectivity index (χ1v) is 7.76. The molecule has 1 amide bonds. The number of alkyl halides is 3. The van der Waals surface area contributed by atoms with Crippen LogP contribution in [0.5, 0.6) is 11.5 Å². The van der Waals surface area contributed by atoms with E-state index in [1.807, 2.05) is 0 Å². The van der Waals surface area contributed by atoms with Crippen molar-refractivity contribution < 1.29 is 40.0 Å². The quantitative estimate of drug-likeness (QED) is 0.625. The number of carbonyl (C=O) groups excluding carboxylic acids is 1.